The highest BCUT2D eigenvalue weighted by Crippen LogP contribution is 2.34. The van der Waals surface area contributed by atoms with Gasteiger partial charge in [0.25, 0.3) is 11.8 Å². The maximum Gasteiger partial charge on any atom is 0.255 e. The summed E-state index contributed by atoms with van der Waals surface area (Å²) in [5.74, 6) is -0.341. The van der Waals surface area contributed by atoms with E-state index in [4.69, 9.17) is 55.9 Å². The van der Waals surface area contributed by atoms with E-state index in [1.807, 2.05) is 0 Å². The third-order valence-electron chi connectivity index (χ3n) is 2.70. The zero-order chi connectivity index (χ0) is 16.3. The van der Waals surface area contributed by atoms with E-state index in [1.165, 1.54) is 0 Å². The minimum Gasteiger partial charge on any atom is -0.454 e. The van der Waals surface area contributed by atoms with Crippen LogP contribution < -0.4 is 20.1 Å². The monoisotopic (exact) mass is 386 g/mol. The highest BCUT2D eigenvalue weighted by atomic mass is 35.5. The molecule has 0 aromatic heterocycles. The third kappa shape index (κ3) is 4.23. The molecule has 1 aromatic carbocycles. The normalized spacial score (nSPS) is 12.9. The molecule has 120 valence electrons. The van der Waals surface area contributed by atoms with E-state index in [9.17, 15) is 9.59 Å². The van der Waals surface area contributed by atoms with Gasteiger partial charge in [-0.05, 0) is 17.7 Å². The lowest BCUT2D eigenvalue weighted by Gasteiger charge is -2.21. The second kappa shape index (κ2) is 7.46. The quantitative estimate of drug-likeness (QED) is 0.600. The van der Waals surface area contributed by atoms with Crippen LogP contribution in [0.15, 0.2) is 18.2 Å². The molecule has 0 bridgehead atoms. The van der Waals surface area contributed by atoms with Crippen LogP contribution in [0.4, 0.5) is 0 Å². The van der Waals surface area contributed by atoms with Gasteiger partial charge in [-0.1, -0.05) is 52.5 Å². The van der Waals surface area contributed by atoms with Crippen LogP contribution in [0.1, 0.15) is 11.7 Å². The molecule has 1 aliphatic rings. The first-order valence-electron chi connectivity index (χ1n) is 5.95. The molecule has 0 saturated heterocycles. The SMILES string of the molecule is O=C(NC(NC(=O)C(Cl)Cl)c1ccc2c(c1)OCO2)C(Cl)Cl. The Hall–Kier alpha value is -1.08. The fraction of sp³-hybridized carbons (Fsp3) is 0.333. The second-order valence-corrected chi connectivity index (χ2v) is 6.36. The van der Waals surface area contributed by atoms with Crippen molar-refractivity contribution in [2.24, 2.45) is 0 Å². The first-order valence-corrected chi connectivity index (χ1v) is 7.69. The lowest BCUT2D eigenvalue weighted by Crippen LogP contribution is -2.44. The summed E-state index contributed by atoms with van der Waals surface area (Å²) in [5.41, 5.74) is 0.508. The number of fused-ring (bicyclic) bond motifs is 1. The first kappa shape index (κ1) is 17.3. The predicted molar refractivity (Wildman–Crippen MR) is 82.6 cm³/mol. The zero-order valence-corrected chi connectivity index (χ0v) is 13.8. The van der Waals surface area contributed by atoms with Crippen LogP contribution in [0.2, 0.25) is 0 Å². The van der Waals surface area contributed by atoms with Crippen molar-refractivity contribution in [1.82, 2.24) is 10.6 Å². The molecule has 1 heterocycles. The van der Waals surface area contributed by atoms with E-state index in [2.05, 4.69) is 10.6 Å². The molecule has 0 atom stereocenters. The summed E-state index contributed by atoms with van der Waals surface area (Å²) >= 11 is 22.0. The van der Waals surface area contributed by atoms with Crippen LogP contribution in [0.5, 0.6) is 11.5 Å². The Labute approximate surface area is 145 Å². The molecule has 2 N–H and O–H groups in total. The Kier molecular flexibility index (Phi) is 5.86. The number of carbonyl (C=O) groups is 2. The number of alkyl halides is 4. The summed E-state index contributed by atoms with van der Waals surface area (Å²) in [4.78, 5) is 20.7. The number of nitrogens with one attached hydrogen (secondary N) is 2. The number of halogens is 4. The lowest BCUT2D eigenvalue weighted by molar-refractivity contribution is -0.122. The minimum absolute atomic E-state index is 0.0963. The summed E-state index contributed by atoms with van der Waals surface area (Å²) in [7, 11) is 0. The summed E-state index contributed by atoms with van der Waals surface area (Å²) in [6.45, 7) is 0.0963. The Morgan fingerprint density at radius 1 is 0.955 bits per heavy atom. The van der Waals surface area contributed by atoms with Crippen molar-refractivity contribution >= 4 is 58.2 Å². The van der Waals surface area contributed by atoms with Gasteiger partial charge < -0.3 is 20.1 Å². The Morgan fingerprint density at radius 2 is 1.50 bits per heavy atom. The largest absolute Gasteiger partial charge is 0.454 e. The van der Waals surface area contributed by atoms with E-state index in [0.29, 0.717) is 17.1 Å². The van der Waals surface area contributed by atoms with Crippen LogP contribution >= 0.6 is 46.4 Å². The van der Waals surface area contributed by atoms with Gasteiger partial charge in [-0.3, -0.25) is 9.59 Å². The van der Waals surface area contributed by atoms with Gasteiger partial charge in [-0.2, -0.15) is 0 Å². The third-order valence-corrected chi connectivity index (χ3v) is 3.49. The Morgan fingerprint density at radius 3 is 2.05 bits per heavy atom. The fourth-order valence-electron chi connectivity index (χ4n) is 1.71. The number of benzene rings is 1. The zero-order valence-electron chi connectivity index (χ0n) is 10.8. The molecule has 0 fully saturated rings. The van der Waals surface area contributed by atoms with Gasteiger partial charge in [0, 0.05) is 0 Å². The van der Waals surface area contributed by atoms with E-state index < -0.39 is 27.7 Å². The van der Waals surface area contributed by atoms with Crippen molar-refractivity contribution in [2.45, 2.75) is 15.8 Å². The Bertz CT molecular complexity index is 560. The van der Waals surface area contributed by atoms with Crippen molar-refractivity contribution in [3.63, 3.8) is 0 Å². The van der Waals surface area contributed by atoms with Crippen molar-refractivity contribution in [2.75, 3.05) is 6.79 Å². The average molecular weight is 388 g/mol. The molecule has 10 heteroatoms. The number of amides is 2. The van der Waals surface area contributed by atoms with E-state index in [0.717, 1.165) is 0 Å². The maximum atomic E-state index is 11.7. The molecule has 0 unspecified atom stereocenters. The van der Waals surface area contributed by atoms with Gasteiger partial charge in [0.2, 0.25) is 6.79 Å². The van der Waals surface area contributed by atoms with Crippen molar-refractivity contribution in [1.29, 1.82) is 0 Å². The number of carbonyl (C=O) groups excluding carboxylic acids is 2. The van der Waals surface area contributed by atoms with Gasteiger partial charge in [0.05, 0.1) is 0 Å². The van der Waals surface area contributed by atoms with Crippen LogP contribution in [0, 0.1) is 0 Å². The van der Waals surface area contributed by atoms with Crippen molar-refractivity contribution < 1.29 is 19.1 Å². The highest BCUT2D eigenvalue weighted by Gasteiger charge is 2.24. The predicted octanol–water partition coefficient (Wildman–Crippen LogP) is 2.25. The number of hydrogen-bond acceptors (Lipinski definition) is 4. The van der Waals surface area contributed by atoms with E-state index in [-0.39, 0.29) is 6.79 Å². The average Bonchev–Trinajstić information content (AvgIpc) is 2.93. The van der Waals surface area contributed by atoms with Crippen molar-refractivity contribution in [3.8, 4) is 11.5 Å². The topological polar surface area (TPSA) is 76.7 Å². The summed E-state index contributed by atoms with van der Waals surface area (Å²) in [6, 6.07) is 4.87. The standard InChI is InChI=1S/C12H10Cl4N2O4/c13-8(14)11(19)17-10(18-12(20)9(15)16)5-1-2-6-7(3-5)22-4-21-6/h1-3,8-10H,4H2,(H,17,19)(H,18,20). The van der Waals surface area contributed by atoms with Gasteiger partial charge in [-0.25, -0.2) is 0 Å². The fourth-order valence-corrected chi connectivity index (χ4v) is 1.96. The number of rotatable bonds is 5. The molecule has 0 saturated carbocycles. The molecule has 1 aliphatic heterocycles. The molecular weight excluding hydrogens is 378 g/mol. The molecule has 1 aromatic rings. The highest BCUT2D eigenvalue weighted by molar-refractivity contribution is 6.54. The van der Waals surface area contributed by atoms with Crippen LogP contribution in [0.3, 0.4) is 0 Å². The summed E-state index contributed by atoms with van der Waals surface area (Å²) < 4.78 is 10.4. The molecule has 0 radical (unpaired) electrons. The molecule has 0 aliphatic carbocycles. The molecular formula is C12H10Cl4N2O4. The first-order chi connectivity index (χ1) is 10.4. The maximum absolute atomic E-state index is 11.7. The van der Waals surface area contributed by atoms with Crippen LogP contribution in [-0.2, 0) is 9.59 Å². The molecule has 6 nitrogen and oxygen atoms in total. The molecule has 2 amide bonds. The summed E-state index contributed by atoms with van der Waals surface area (Å²) in [5, 5.41) is 4.92. The molecule has 22 heavy (non-hydrogen) atoms. The second-order valence-electron chi connectivity index (χ2n) is 4.16. The van der Waals surface area contributed by atoms with Crippen LogP contribution in [0.25, 0.3) is 0 Å². The van der Waals surface area contributed by atoms with Crippen molar-refractivity contribution in [3.05, 3.63) is 23.8 Å². The van der Waals surface area contributed by atoms with Crippen LogP contribution in [-0.4, -0.2) is 28.3 Å². The molecule has 0 spiro atoms. The van der Waals surface area contributed by atoms with Gasteiger partial charge in [0.15, 0.2) is 21.2 Å². The van der Waals surface area contributed by atoms with Gasteiger partial charge in [-0.15, -0.1) is 0 Å². The van der Waals surface area contributed by atoms with E-state index in [1.54, 1.807) is 18.2 Å². The smallest absolute Gasteiger partial charge is 0.255 e. The van der Waals surface area contributed by atoms with Gasteiger partial charge in [0.1, 0.15) is 6.17 Å². The van der Waals surface area contributed by atoms with Gasteiger partial charge >= 0.3 is 0 Å². The lowest BCUT2D eigenvalue weighted by atomic mass is 10.1. The Balaban J connectivity index is 2.22. The number of ether oxygens (including phenoxy) is 2. The summed E-state index contributed by atoms with van der Waals surface area (Å²) in [6.07, 6.45) is -0.936. The minimum atomic E-state index is -1.30. The number of hydrogen-bond donors (Lipinski definition) is 2. The molecule has 2 rings (SSSR count). The van der Waals surface area contributed by atoms with E-state index >= 15 is 0 Å².